The van der Waals surface area contributed by atoms with Crippen molar-refractivity contribution < 1.29 is 5.11 Å². The number of aromatic nitrogens is 1. The molecule has 72 valence electrons. The van der Waals surface area contributed by atoms with E-state index < -0.39 is 11.5 Å². The van der Waals surface area contributed by atoms with Crippen molar-refractivity contribution in [2.45, 2.75) is 25.4 Å². The van der Waals surface area contributed by atoms with Gasteiger partial charge in [-0.1, -0.05) is 6.42 Å². The third-order valence-electron chi connectivity index (χ3n) is 3.01. The van der Waals surface area contributed by atoms with Gasteiger partial charge in [-0.2, -0.15) is 5.26 Å². The Labute approximate surface area is 83.0 Å². The summed E-state index contributed by atoms with van der Waals surface area (Å²) in [7, 11) is 0. The molecule has 0 bridgehead atoms. The molecule has 1 aromatic rings. The highest BCUT2D eigenvalue weighted by Gasteiger charge is 2.44. The molecule has 0 saturated heterocycles. The zero-order valence-corrected chi connectivity index (χ0v) is 7.85. The van der Waals surface area contributed by atoms with Gasteiger partial charge in [0.2, 0.25) is 0 Å². The highest BCUT2D eigenvalue weighted by molar-refractivity contribution is 5.22. The monoisotopic (exact) mass is 188 g/mol. The number of aliphatic hydroxyl groups excluding tert-OH is 1. The van der Waals surface area contributed by atoms with Crippen LogP contribution >= 0.6 is 0 Å². The van der Waals surface area contributed by atoms with E-state index in [1.54, 1.807) is 24.5 Å². The molecule has 3 nitrogen and oxygen atoms in total. The first-order chi connectivity index (χ1) is 6.78. The van der Waals surface area contributed by atoms with Crippen LogP contribution in [0.5, 0.6) is 0 Å². The molecule has 0 spiro atoms. The summed E-state index contributed by atoms with van der Waals surface area (Å²) < 4.78 is 0. The highest BCUT2D eigenvalue weighted by Crippen LogP contribution is 2.49. The summed E-state index contributed by atoms with van der Waals surface area (Å²) in [4.78, 5) is 3.89. The Morgan fingerprint density at radius 3 is 2.50 bits per heavy atom. The minimum Gasteiger partial charge on any atom is -0.387 e. The lowest BCUT2D eigenvalue weighted by Crippen LogP contribution is -2.34. The molecule has 2 rings (SSSR count). The molecule has 0 radical (unpaired) electrons. The van der Waals surface area contributed by atoms with Crippen molar-refractivity contribution in [3.63, 3.8) is 0 Å². The van der Waals surface area contributed by atoms with Gasteiger partial charge in [0.1, 0.15) is 0 Å². The fourth-order valence-corrected chi connectivity index (χ4v) is 1.87. The van der Waals surface area contributed by atoms with Crippen molar-refractivity contribution in [1.82, 2.24) is 4.98 Å². The topological polar surface area (TPSA) is 56.9 Å². The first kappa shape index (κ1) is 9.17. The van der Waals surface area contributed by atoms with Gasteiger partial charge in [-0.15, -0.1) is 0 Å². The summed E-state index contributed by atoms with van der Waals surface area (Å²) in [5.74, 6) is 0. The number of hydrogen-bond donors (Lipinski definition) is 1. The molecular weight excluding hydrogens is 176 g/mol. The van der Waals surface area contributed by atoms with Crippen LogP contribution in [0.4, 0.5) is 0 Å². The van der Waals surface area contributed by atoms with E-state index in [2.05, 4.69) is 11.1 Å². The molecule has 14 heavy (non-hydrogen) atoms. The van der Waals surface area contributed by atoms with Crippen molar-refractivity contribution in [3.8, 4) is 6.07 Å². The van der Waals surface area contributed by atoms with E-state index in [1.165, 1.54) is 0 Å². The maximum Gasteiger partial charge on any atom is 0.0977 e. The number of rotatable bonds is 2. The molecule has 1 aliphatic carbocycles. The summed E-state index contributed by atoms with van der Waals surface area (Å²) in [6.07, 6.45) is 5.25. The lowest BCUT2D eigenvalue weighted by atomic mass is 9.65. The van der Waals surface area contributed by atoms with E-state index in [0.717, 1.165) is 24.8 Å². The first-order valence-corrected chi connectivity index (χ1v) is 4.78. The lowest BCUT2D eigenvalue weighted by Gasteiger charge is -2.39. The largest absolute Gasteiger partial charge is 0.387 e. The Morgan fingerprint density at radius 2 is 2.07 bits per heavy atom. The van der Waals surface area contributed by atoms with E-state index in [1.807, 2.05) is 0 Å². The molecule has 0 aromatic carbocycles. The van der Waals surface area contributed by atoms with Crippen LogP contribution in [0.2, 0.25) is 0 Å². The molecule has 1 aromatic heterocycles. The van der Waals surface area contributed by atoms with Crippen LogP contribution in [0.15, 0.2) is 24.5 Å². The highest BCUT2D eigenvalue weighted by atomic mass is 16.3. The second kappa shape index (κ2) is 3.39. The van der Waals surface area contributed by atoms with Crippen molar-refractivity contribution in [2.75, 3.05) is 0 Å². The molecule has 0 amide bonds. The lowest BCUT2D eigenvalue weighted by molar-refractivity contribution is 0.00790. The fraction of sp³-hybridized carbons (Fsp3) is 0.455. The molecule has 1 unspecified atom stereocenters. The molecule has 1 N–H and O–H groups in total. The van der Waals surface area contributed by atoms with Crippen molar-refractivity contribution in [2.24, 2.45) is 5.41 Å². The van der Waals surface area contributed by atoms with Crippen LogP contribution in [0.1, 0.15) is 30.9 Å². The van der Waals surface area contributed by atoms with Gasteiger partial charge in [0, 0.05) is 12.4 Å². The van der Waals surface area contributed by atoms with Gasteiger partial charge in [0.15, 0.2) is 0 Å². The summed E-state index contributed by atoms with van der Waals surface area (Å²) in [5.41, 5.74) is 0.253. The van der Waals surface area contributed by atoms with E-state index >= 15 is 0 Å². The van der Waals surface area contributed by atoms with Crippen LogP contribution in [0.25, 0.3) is 0 Å². The number of nitriles is 1. The minimum absolute atomic E-state index is 0.540. The Bertz CT molecular complexity index is 351. The molecule has 1 aliphatic rings. The van der Waals surface area contributed by atoms with Gasteiger partial charge in [0.05, 0.1) is 17.6 Å². The van der Waals surface area contributed by atoms with Crippen LogP contribution in [0, 0.1) is 16.7 Å². The second-order valence-electron chi connectivity index (χ2n) is 3.80. The number of pyridine rings is 1. The van der Waals surface area contributed by atoms with Crippen LogP contribution in [0.3, 0.4) is 0 Å². The van der Waals surface area contributed by atoms with Gasteiger partial charge >= 0.3 is 0 Å². The third-order valence-corrected chi connectivity index (χ3v) is 3.01. The quantitative estimate of drug-likeness (QED) is 0.770. The number of aliphatic hydroxyl groups is 1. The van der Waals surface area contributed by atoms with E-state index in [-0.39, 0.29) is 0 Å². The average molecular weight is 188 g/mol. The summed E-state index contributed by atoms with van der Waals surface area (Å²) in [6, 6.07) is 5.77. The SMILES string of the molecule is N#CC1(C(O)c2ccncc2)CCC1. The molecule has 1 heterocycles. The maximum absolute atomic E-state index is 10.0. The molecule has 1 atom stereocenters. The zero-order valence-electron chi connectivity index (χ0n) is 7.85. The van der Waals surface area contributed by atoms with E-state index in [9.17, 15) is 5.11 Å². The van der Waals surface area contributed by atoms with Gasteiger partial charge in [0.25, 0.3) is 0 Å². The molecule has 1 fully saturated rings. The molecule has 0 aliphatic heterocycles. The summed E-state index contributed by atoms with van der Waals surface area (Å²) in [5, 5.41) is 19.1. The predicted octanol–water partition coefficient (Wildman–Crippen LogP) is 1.81. The van der Waals surface area contributed by atoms with Crippen molar-refractivity contribution in [3.05, 3.63) is 30.1 Å². The van der Waals surface area contributed by atoms with Crippen LogP contribution in [-0.4, -0.2) is 10.1 Å². The standard InChI is InChI=1S/C11H12N2O/c12-8-11(4-1-5-11)10(14)9-2-6-13-7-3-9/h2-3,6-7,10,14H,1,4-5H2. The second-order valence-corrected chi connectivity index (χ2v) is 3.80. The predicted molar refractivity (Wildman–Crippen MR) is 51.1 cm³/mol. The minimum atomic E-state index is -0.663. The zero-order chi connectivity index (χ0) is 10.0. The molecular formula is C11H12N2O. The van der Waals surface area contributed by atoms with E-state index in [4.69, 9.17) is 5.26 Å². The summed E-state index contributed by atoms with van der Waals surface area (Å²) in [6.45, 7) is 0. The Kier molecular flexibility index (Phi) is 2.22. The molecule has 1 saturated carbocycles. The van der Waals surface area contributed by atoms with Crippen LogP contribution < -0.4 is 0 Å². The van der Waals surface area contributed by atoms with Crippen LogP contribution in [-0.2, 0) is 0 Å². The Balaban J connectivity index is 2.24. The number of hydrogen-bond acceptors (Lipinski definition) is 3. The van der Waals surface area contributed by atoms with Gasteiger partial charge in [-0.05, 0) is 30.5 Å². The maximum atomic E-state index is 10.0. The first-order valence-electron chi connectivity index (χ1n) is 4.78. The van der Waals surface area contributed by atoms with Gasteiger partial charge in [-0.3, -0.25) is 4.98 Å². The Morgan fingerprint density at radius 1 is 1.43 bits per heavy atom. The average Bonchev–Trinajstić information content (AvgIpc) is 2.18. The van der Waals surface area contributed by atoms with Crippen molar-refractivity contribution >= 4 is 0 Å². The van der Waals surface area contributed by atoms with Crippen molar-refractivity contribution in [1.29, 1.82) is 5.26 Å². The normalized spacial score (nSPS) is 20.6. The van der Waals surface area contributed by atoms with Gasteiger partial charge in [-0.25, -0.2) is 0 Å². The summed E-state index contributed by atoms with van der Waals surface area (Å²) >= 11 is 0. The van der Waals surface area contributed by atoms with E-state index in [0.29, 0.717) is 0 Å². The number of nitrogens with zero attached hydrogens (tertiary/aromatic N) is 2. The molecule has 3 heteroatoms. The third kappa shape index (κ3) is 1.28. The van der Waals surface area contributed by atoms with Gasteiger partial charge < -0.3 is 5.11 Å². The smallest absolute Gasteiger partial charge is 0.0977 e. The fourth-order valence-electron chi connectivity index (χ4n) is 1.87. The Hall–Kier alpha value is -1.40.